The number of carbonyl (C=O) groups is 2. The summed E-state index contributed by atoms with van der Waals surface area (Å²) < 4.78 is 19.6. The number of halogens is 1. The molecule has 0 aromatic heterocycles. The molecule has 2 aromatic carbocycles. The molecule has 2 fully saturated rings. The van der Waals surface area contributed by atoms with E-state index in [-0.39, 0.29) is 24.1 Å². The Hall–Kier alpha value is -2.93. The second-order valence-electron chi connectivity index (χ2n) is 7.60. The Morgan fingerprint density at radius 3 is 2.37 bits per heavy atom. The highest BCUT2D eigenvalue weighted by Gasteiger charge is 2.43. The molecule has 0 aliphatic carbocycles. The predicted molar refractivity (Wildman–Crippen MR) is 113 cm³/mol. The van der Waals surface area contributed by atoms with Gasteiger partial charge in [0.15, 0.2) is 0 Å². The molecule has 4 rings (SSSR count). The van der Waals surface area contributed by atoms with Crippen molar-refractivity contribution in [3.8, 4) is 5.75 Å². The summed E-state index contributed by atoms with van der Waals surface area (Å²) in [5.41, 5.74) is 1.15. The summed E-state index contributed by atoms with van der Waals surface area (Å²) in [5.74, 6) is 0.0986. The molecule has 7 heteroatoms. The molecule has 158 valence electrons. The zero-order valence-corrected chi connectivity index (χ0v) is 17.1. The van der Waals surface area contributed by atoms with Gasteiger partial charge in [-0.2, -0.15) is 0 Å². The van der Waals surface area contributed by atoms with E-state index in [4.69, 9.17) is 4.74 Å². The number of benzene rings is 2. The van der Waals surface area contributed by atoms with Gasteiger partial charge < -0.3 is 9.64 Å². The predicted octanol–water partition coefficient (Wildman–Crippen LogP) is 3.07. The van der Waals surface area contributed by atoms with Gasteiger partial charge in [-0.25, -0.2) is 9.29 Å². The molecule has 2 aliphatic rings. The smallest absolute Gasteiger partial charge is 0.251 e. The van der Waals surface area contributed by atoms with Gasteiger partial charge in [0.2, 0.25) is 5.91 Å². The quantitative estimate of drug-likeness (QED) is 0.684. The van der Waals surface area contributed by atoms with Crippen molar-refractivity contribution in [1.29, 1.82) is 0 Å². The first-order valence-electron chi connectivity index (χ1n) is 10.4. The lowest BCUT2D eigenvalue weighted by atomic mass is 10.1. The van der Waals surface area contributed by atoms with Crippen LogP contribution in [0.25, 0.3) is 0 Å². The fourth-order valence-electron chi connectivity index (χ4n) is 4.07. The first-order chi connectivity index (χ1) is 14.6. The molecule has 0 radical (unpaired) electrons. The molecule has 2 aliphatic heterocycles. The number of hydrogen-bond acceptors (Lipinski definition) is 5. The maximum Gasteiger partial charge on any atom is 0.251 e. The highest BCUT2D eigenvalue weighted by atomic mass is 19.1. The zero-order chi connectivity index (χ0) is 21.1. The summed E-state index contributed by atoms with van der Waals surface area (Å²) in [5, 5.41) is 0. The number of amides is 2. The monoisotopic (exact) mass is 411 g/mol. The largest absolute Gasteiger partial charge is 0.494 e. The van der Waals surface area contributed by atoms with Gasteiger partial charge >= 0.3 is 0 Å². The van der Waals surface area contributed by atoms with Gasteiger partial charge in [-0.05, 0) is 42.8 Å². The SMILES string of the molecule is CCCOc1ccc(N2C(=O)C[C@@H](N3CCN(c4ccccc4F)CC3)C2=O)cc1. The zero-order valence-electron chi connectivity index (χ0n) is 17.1. The molecule has 2 heterocycles. The third-order valence-corrected chi connectivity index (χ3v) is 5.64. The fraction of sp³-hybridized carbons (Fsp3) is 0.391. The van der Waals surface area contributed by atoms with Crippen LogP contribution in [0, 0.1) is 5.82 Å². The number of piperazine rings is 1. The van der Waals surface area contributed by atoms with Gasteiger partial charge in [-0.1, -0.05) is 19.1 Å². The van der Waals surface area contributed by atoms with Crippen molar-refractivity contribution in [2.45, 2.75) is 25.8 Å². The summed E-state index contributed by atoms with van der Waals surface area (Å²) in [4.78, 5) is 30.9. The Bertz CT molecular complexity index is 910. The molecule has 6 nitrogen and oxygen atoms in total. The number of ether oxygens (including phenoxy) is 1. The first-order valence-corrected chi connectivity index (χ1v) is 10.4. The fourth-order valence-corrected chi connectivity index (χ4v) is 4.07. The Labute approximate surface area is 175 Å². The molecule has 0 spiro atoms. The van der Waals surface area contributed by atoms with Crippen LogP contribution in [0.4, 0.5) is 15.8 Å². The third kappa shape index (κ3) is 4.03. The molecule has 0 unspecified atom stereocenters. The summed E-state index contributed by atoms with van der Waals surface area (Å²) >= 11 is 0. The van der Waals surface area contributed by atoms with Crippen LogP contribution in [0.15, 0.2) is 48.5 Å². The van der Waals surface area contributed by atoms with Crippen LogP contribution in [-0.2, 0) is 9.59 Å². The first kappa shape index (κ1) is 20.3. The molecule has 2 saturated heterocycles. The van der Waals surface area contributed by atoms with Crippen LogP contribution < -0.4 is 14.5 Å². The lowest BCUT2D eigenvalue weighted by molar-refractivity contribution is -0.123. The van der Waals surface area contributed by atoms with Crippen LogP contribution in [-0.4, -0.2) is 55.5 Å². The molecule has 30 heavy (non-hydrogen) atoms. The Kier molecular flexibility index (Phi) is 5.99. The van der Waals surface area contributed by atoms with Crippen molar-refractivity contribution in [2.24, 2.45) is 0 Å². The van der Waals surface area contributed by atoms with E-state index in [1.807, 2.05) is 22.8 Å². The molecule has 0 saturated carbocycles. The van der Waals surface area contributed by atoms with Crippen LogP contribution in [0.3, 0.4) is 0 Å². The highest BCUT2D eigenvalue weighted by molar-refractivity contribution is 6.22. The minimum absolute atomic E-state index is 0.173. The topological polar surface area (TPSA) is 53.1 Å². The Morgan fingerprint density at radius 1 is 1.00 bits per heavy atom. The Morgan fingerprint density at radius 2 is 1.70 bits per heavy atom. The van der Waals surface area contributed by atoms with Crippen molar-refractivity contribution >= 4 is 23.2 Å². The van der Waals surface area contributed by atoms with Gasteiger partial charge in [0, 0.05) is 26.2 Å². The second kappa shape index (κ2) is 8.83. The number of carbonyl (C=O) groups excluding carboxylic acids is 2. The highest BCUT2D eigenvalue weighted by Crippen LogP contribution is 2.29. The molecule has 2 aromatic rings. The van der Waals surface area contributed by atoms with Crippen LogP contribution >= 0.6 is 0 Å². The number of nitrogens with zero attached hydrogens (tertiary/aromatic N) is 3. The lowest BCUT2D eigenvalue weighted by Crippen LogP contribution is -2.52. The summed E-state index contributed by atoms with van der Waals surface area (Å²) in [6.07, 6.45) is 1.09. The maximum atomic E-state index is 14.1. The summed E-state index contributed by atoms with van der Waals surface area (Å²) in [7, 11) is 0. The number of hydrogen-bond donors (Lipinski definition) is 0. The molecular formula is C23H26FN3O3. The van der Waals surface area contributed by atoms with E-state index in [0.29, 0.717) is 44.2 Å². The number of rotatable bonds is 6. The Balaban J connectivity index is 1.40. The summed E-state index contributed by atoms with van der Waals surface area (Å²) in [6, 6.07) is 13.3. The molecule has 1 atom stereocenters. The van der Waals surface area contributed by atoms with Gasteiger partial charge in [0.25, 0.3) is 5.91 Å². The van der Waals surface area contributed by atoms with E-state index in [1.165, 1.54) is 11.0 Å². The van der Waals surface area contributed by atoms with E-state index >= 15 is 0 Å². The van der Waals surface area contributed by atoms with Gasteiger partial charge in [0.1, 0.15) is 11.6 Å². The van der Waals surface area contributed by atoms with E-state index in [1.54, 1.807) is 36.4 Å². The number of imide groups is 1. The van der Waals surface area contributed by atoms with E-state index in [2.05, 4.69) is 0 Å². The lowest BCUT2D eigenvalue weighted by Gasteiger charge is -2.38. The normalized spacial score (nSPS) is 20.1. The van der Waals surface area contributed by atoms with E-state index < -0.39 is 6.04 Å². The van der Waals surface area contributed by atoms with Gasteiger partial charge in [-0.3, -0.25) is 14.5 Å². The maximum absolute atomic E-state index is 14.1. The van der Waals surface area contributed by atoms with Crippen molar-refractivity contribution in [3.05, 3.63) is 54.3 Å². The van der Waals surface area contributed by atoms with Crippen molar-refractivity contribution in [2.75, 3.05) is 42.6 Å². The second-order valence-corrected chi connectivity index (χ2v) is 7.60. The van der Waals surface area contributed by atoms with E-state index in [9.17, 15) is 14.0 Å². The average Bonchev–Trinajstić information content (AvgIpc) is 3.07. The molecular weight excluding hydrogens is 385 g/mol. The van der Waals surface area contributed by atoms with Crippen LogP contribution in [0.2, 0.25) is 0 Å². The number of anilines is 2. The minimum atomic E-state index is -0.462. The van der Waals surface area contributed by atoms with Gasteiger partial charge in [0.05, 0.1) is 30.4 Å². The summed E-state index contributed by atoms with van der Waals surface area (Å²) in [6.45, 7) is 5.10. The minimum Gasteiger partial charge on any atom is -0.494 e. The molecule has 0 N–H and O–H groups in total. The average molecular weight is 411 g/mol. The van der Waals surface area contributed by atoms with Gasteiger partial charge in [-0.15, -0.1) is 0 Å². The molecule has 2 amide bonds. The van der Waals surface area contributed by atoms with Crippen molar-refractivity contribution < 1.29 is 18.7 Å². The van der Waals surface area contributed by atoms with E-state index in [0.717, 1.165) is 12.2 Å². The van der Waals surface area contributed by atoms with Crippen molar-refractivity contribution in [3.63, 3.8) is 0 Å². The standard InChI is InChI=1S/C23H26FN3O3/c1-2-15-30-18-9-7-17(8-10-18)27-22(28)16-21(23(27)29)26-13-11-25(12-14-26)20-6-4-3-5-19(20)24/h3-10,21H,2,11-16H2,1H3/t21-/m1/s1. The van der Waals surface area contributed by atoms with Crippen LogP contribution in [0.5, 0.6) is 5.75 Å². The van der Waals surface area contributed by atoms with Crippen molar-refractivity contribution in [1.82, 2.24) is 4.90 Å². The molecule has 0 bridgehead atoms. The number of para-hydroxylation sites is 1. The third-order valence-electron chi connectivity index (χ3n) is 5.64. The van der Waals surface area contributed by atoms with Crippen LogP contribution in [0.1, 0.15) is 19.8 Å².